The van der Waals surface area contributed by atoms with Crippen LogP contribution in [-0.4, -0.2) is 29.9 Å². The maximum atomic E-state index is 12.4. The Bertz CT molecular complexity index is 642. The van der Waals surface area contributed by atoms with Gasteiger partial charge in [-0.15, -0.1) is 11.8 Å². The van der Waals surface area contributed by atoms with E-state index in [0.717, 1.165) is 10.5 Å². The summed E-state index contributed by atoms with van der Waals surface area (Å²) in [6.07, 6.45) is 2.57. The molecule has 0 aliphatic heterocycles. The lowest BCUT2D eigenvalue weighted by Crippen LogP contribution is -2.39. The third kappa shape index (κ3) is 4.12. The normalized spacial score (nSPS) is 12.0. The van der Waals surface area contributed by atoms with Crippen molar-refractivity contribution in [2.75, 3.05) is 12.9 Å². The van der Waals surface area contributed by atoms with Gasteiger partial charge < -0.3 is 10.4 Å². The predicted molar refractivity (Wildman–Crippen MR) is 91.4 cm³/mol. The van der Waals surface area contributed by atoms with Gasteiger partial charge in [-0.2, -0.15) is 0 Å². The quantitative estimate of drug-likeness (QED) is 0.806. The summed E-state index contributed by atoms with van der Waals surface area (Å²) in [6.45, 7) is 1.95. The Morgan fingerprint density at radius 1 is 1.18 bits per heavy atom. The monoisotopic (exact) mass is 315 g/mol. The second kappa shape index (κ2) is 8.01. The van der Waals surface area contributed by atoms with E-state index in [1.165, 1.54) is 5.56 Å². The van der Waals surface area contributed by atoms with E-state index in [1.807, 2.05) is 61.7 Å². The Balaban J connectivity index is 2.10. The average Bonchev–Trinajstić information content (AvgIpc) is 2.56. The van der Waals surface area contributed by atoms with Crippen LogP contribution in [0.5, 0.6) is 0 Å². The van der Waals surface area contributed by atoms with E-state index in [2.05, 4.69) is 5.32 Å². The van der Waals surface area contributed by atoms with Gasteiger partial charge in [0.05, 0.1) is 18.2 Å². The highest BCUT2D eigenvalue weighted by Gasteiger charge is 2.16. The Kier molecular flexibility index (Phi) is 6.04. The lowest BCUT2D eigenvalue weighted by atomic mass is 10.0. The Morgan fingerprint density at radius 3 is 2.55 bits per heavy atom. The van der Waals surface area contributed by atoms with E-state index < -0.39 is 0 Å². The molecule has 0 aliphatic rings. The van der Waals surface area contributed by atoms with Crippen molar-refractivity contribution >= 4 is 17.7 Å². The van der Waals surface area contributed by atoms with Gasteiger partial charge in [0.25, 0.3) is 5.91 Å². The second-order valence-corrected chi connectivity index (χ2v) is 6.03. The molecule has 22 heavy (non-hydrogen) atoms. The van der Waals surface area contributed by atoms with Gasteiger partial charge in [-0.25, -0.2) is 0 Å². The van der Waals surface area contributed by atoms with E-state index in [9.17, 15) is 9.90 Å². The number of carbonyl (C=O) groups is 1. The summed E-state index contributed by atoms with van der Waals surface area (Å²) in [7, 11) is 0. The number of rotatable bonds is 6. The number of aliphatic hydroxyl groups excluding tert-OH is 1. The molecule has 0 aliphatic carbocycles. The van der Waals surface area contributed by atoms with Crippen LogP contribution in [0.15, 0.2) is 53.4 Å². The van der Waals surface area contributed by atoms with Crippen molar-refractivity contribution in [2.24, 2.45) is 0 Å². The van der Waals surface area contributed by atoms with Crippen LogP contribution in [0.4, 0.5) is 0 Å². The number of thioether (sulfide) groups is 1. The fourth-order valence-corrected chi connectivity index (χ4v) is 2.96. The fourth-order valence-electron chi connectivity index (χ4n) is 2.36. The second-order valence-electron chi connectivity index (χ2n) is 5.18. The van der Waals surface area contributed by atoms with Crippen LogP contribution in [-0.2, 0) is 6.42 Å². The van der Waals surface area contributed by atoms with Crippen LogP contribution in [0, 0.1) is 6.92 Å². The van der Waals surface area contributed by atoms with Gasteiger partial charge in [0.1, 0.15) is 0 Å². The first-order valence-corrected chi connectivity index (χ1v) is 8.47. The first-order valence-electron chi connectivity index (χ1n) is 7.25. The zero-order chi connectivity index (χ0) is 15.9. The number of aliphatic hydroxyl groups is 1. The van der Waals surface area contributed by atoms with Crippen molar-refractivity contribution in [3.63, 3.8) is 0 Å². The number of benzene rings is 2. The molecule has 0 unspecified atom stereocenters. The van der Waals surface area contributed by atoms with Crippen LogP contribution >= 0.6 is 11.8 Å². The van der Waals surface area contributed by atoms with Gasteiger partial charge in [-0.1, -0.05) is 36.4 Å². The lowest BCUT2D eigenvalue weighted by molar-refractivity contribution is 0.0913. The molecule has 2 rings (SSSR count). The average molecular weight is 315 g/mol. The molecule has 2 aromatic rings. The van der Waals surface area contributed by atoms with Crippen LogP contribution in [0.2, 0.25) is 0 Å². The smallest absolute Gasteiger partial charge is 0.252 e. The van der Waals surface area contributed by atoms with Gasteiger partial charge >= 0.3 is 0 Å². The SMILES string of the molecule is CSc1ccccc1C(=O)N[C@@H](CO)Cc1ccccc1C. The molecule has 0 heterocycles. The molecular formula is C18H21NO2S. The molecule has 0 spiro atoms. The molecule has 0 fully saturated rings. The van der Waals surface area contributed by atoms with Crippen LogP contribution in [0.25, 0.3) is 0 Å². The number of hydrogen-bond donors (Lipinski definition) is 2. The highest BCUT2D eigenvalue weighted by Crippen LogP contribution is 2.20. The van der Waals surface area contributed by atoms with E-state index in [1.54, 1.807) is 11.8 Å². The van der Waals surface area contributed by atoms with E-state index in [-0.39, 0.29) is 18.6 Å². The summed E-state index contributed by atoms with van der Waals surface area (Å²) in [4.78, 5) is 13.4. The first-order chi connectivity index (χ1) is 10.7. The summed E-state index contributed by atoms with van der Waals surface area (Å²) in [5, 5.41) is 12.5. The van der Waals surface area contributed by atoms with Gasteiger partial charge in [0, 0.05) is 4.90 Å². The Morgan fingerprint density at radius 2 is 1.86 bits per heavy atom. The number of amides is 1. The molecule has 0 aromatic heterocycles. The molecule has 0 saturated heterocycles. The van der Waals surface area contributed by atoms with Crippen molar-refractivity contribution in [3.8, 4) is 0 Å². The van der Waals surface area contributed by atoms with Gasteiger partial charge in [0.2, 0.25) is 0 Å². The summed E-state index contributed by atoms with van der Waals surface area (Å²) in [5.74, 6) is -0.141. The number of hydrogen-bond acceptors (Lipinski definition) is 3. The van der Waals surface area contributed by atoms with E-state index >= 15 is 0 Å². The molecule has 3 nitrogen and oxygen atoms in total. The number of aryl methyl sites for hydroxylation is 1. The molecule has 2 aromatic carbocycles. The van der Waals surface area contributed by atoms with Crippen molar-refractivity contribution in [2.45, 2.75) is 24.3 Å². The fraction of sp³-hybridized carbons (Fsp3) is 0.278. The summed E-state index contributed by atoms with van der Waals surface area (Å²) >= 11 is 1.54. The summed E-state index contributed by atoms with van der Waals surface area (Å²) in [6, 6.07) is 15.2. The van der Waals surface area contributed by atoms with E-state index in [4.69, 9.17) is 0 Å². The molecule has 4 heteroatoms. The Hall–Kier alpha value is -1.78. The summed E-state index contributed by atoms with van der Waals surface area (Å²) in [5.41, 5.74) is 2.96. The van der Waals surface area contributed by atoms with Gasteiger partial charge in [-0.3, -0.25) is 4.79 Å². The standard InChI is InChI=1S/C18H21NO2S/c1-13-7-3-4-8-14(13)11-15(12-20)19-18(21)16-9-5-6-10-17(16)22-2/h3-10,15,20H,11-12H2,1-2H3,(H,19,21)/t15-/m1/s1. The minimum Gasteiger partial charge on any atom is -0.394 e. The number of carbonyl (C=O) groups excluding carboxylic acids is 1. The van der Waals surface area contributed by atoms with Crippen molar-refractivity contribution in [1.82, 2.24) is 5.32 Å². The minimum atomic E-state index is -0.288. The minimum absolute atomic E-state index is 0.0818. The first kappa shape index (κ1) is 16.6. The van der Waals surface area contributed by atoms with Crippen molar-refractivity contribution in [1.29, 1.82) is 0 Å². The lowest BCUT2D eigenvalue weighted by Gasteiger charge is -2.18. The molecule has 2 N–H and O–H groups in total. The highest BCUT2D eigenvalue weighted by atomic mass is 32.2. The van der Waals surface area contributed by atoms with Crippen LogP contribution < -0.4 is 5.32 Å². The van der Waals surface area contributed by atoms with Crippen LogP contribution in [0.1, 0.15) is 21.5 Å². The Labute approximate surface area is 135 Å². The van der Waals surface area contributed by atoms with E-state index in [0.29, 0.717) is 12.0 Å². The molecule has 0 saturated carbocycles. The molecule has 0 bridgehead atoms. The zero-order valence-electron chi connectivity index (χ0n) is 12.9. The zero-order valence-corrected chi connectivity index (χ0v) is 13.7. The van der Waals surface area contributed by atoms with Crippen molar-refractivity contribution in [3.05, 3.63) is 65.2 Å². The van der Waals surface area contributed by atoms with Gasteiger partial charge in [0.15, 0.2) is 0 Å². The molecule has 1 amide bonds. The third-order valence-electron chi connectivity index (χ3n) is 3.63. The maximum absolute atomic E-state index is 12.4. The van der Waals surface area contributed by atoms with Gasteiger partial charge in [-0.05, 0) is 42.9 Å². The third-order valence-corrected chi connectivity index (χ3v) is 4.43. The number of nitrogens with one attached hydrogen (secondary N) is 1. The van der Waals surface area contributed by atoms with Crippen LogP contribution in [0.3, 0.4) is 0 Å². The highest BCUT2D eigenvalue weighted by molar-refractivity contribution is 7.98. The molecular weight excluding hydrogens is 294 g/mol. The molecule has 116 valence electrons. The summed E-state index contributed by atoms with van der Waals surface area (Å²) < 4.78 is 0. The maximum Gasteiger partial charge on any atom is 0.252 e. The van der Waals surface area contributed by atoms with Crippen molar-refractivity contribution < 1.29 is 9.90 Å². The largest absolute Gasteiger partial charge is 0.394 e. The molecule has 0 radical (unpaired) electrons. The topological polar surface area (TPSA) is 49.3 Å². The molecule has 1 atom stereocenters. The predicted octanol–water partition coefficient (Wildman–Crippen LogP) is 3.05.